The maximum absolute atomic E-state index is 10.7. The third kappa shape index (κ3) is 1.94. The monoisotopic (exact) mass is 173 g/mol. The summed E-state index contributed by atoms with van der Waals surface area (Å²) in [6.45, 7) is 2.71. The molecule has 5 nitrogen and oxygen atoms in total. The third-order valence-corrected chi connectivity index (χ3v) is 1.83. The normalized spacial score (nSPS) is 28.4. The zero-order chi connectivity index (χ0) is 9.19. The van der Waals surface area contributed by atoms with Gasteiger partial charge in [-0.25, -0.2) is 4.79 Å². The summed E-state index contributed by atoms with van der Waals surface area (Å²) in [5.74, 6) is -2.42. The molecule has 1 amide bonds. The van der Waals surface area contributed by atoms with Crippen LogP contribution in [0, 0.1) is 0 Å². The molecule has 1 atom stereocenters. The van der Waals surface area contributed by atoms with Crippen molar-refractivity contribution in [3.63, 3.8) is 0 Å². The Labute approximate surface area is 69.7 Å². The molecule has 0 aromatic carbocycles. The van der Waals surface area contributed by atoms with Gasteiger partial charge in [0.1, 0.15) is 0 Å². The Hall–Kier alpha value is -1.10. The summed E-state index contributed by atoms with van der Waals surface area (Å²) in [5.41, 5.74) is -0.504. The first-order chi connectivity index (χ1) is 5.53. The fourth-order valence-corrected chi connectivity index (χ4v) is 1.09. The first-order valence-corrected chi connectivity index (χ1v) is 3.67. The quantitative estimate of drug-likeness (QED) is 0.517. The number of ether oxygens (including phenoxy) is 1. The van der Waals surface area contributed by atoms with Crippen LogP contribution in [0.25, 0.3) is 0 Å². The van der Waals surface area contributed by atoms with Crippen LogP contribution in [0.15, 0.2) is 0 Å². The molecule has 68 valence electrons. The summed E-state index contributed by atoms with van der Waals surface area (Å²) < 4.78 is 5.03. The van der Waals surface area contributed by atoms with Gasteiger partial charge in [-0.15, -0.1) is 0 Å². The molecule has 1 saturated heterocycles. The minimum atomic E-state index is -1.46. The average molecular weight is 173 g/mol. The average Bonchev–Trinajstić information content (AvgIpc) is 2.35. The maximum Gasteiger partial charge on any atom is 0.394 e. The van der Waals surface area contributed by atoms with Crippen LogP contribution in [0.3, 0.4) is 0 Å². The third-order valence-electron chi connectivity index (χ3n) is 1.83. The van der Waals surface area contributed by atoms with E-state index in [4.69, 9.17) is 9.84 Å². The highest BCUT2D eigenvalue weighted by Gasteiger charge is 2.32. The number of carbonyl (C=O) groups excluding carboxylic acids is 1. The number of carboxylic acid groups (broad SMARTS) is 1. The molecule has 0 saturated carbocycles. The molecule has 5 heteroatoms. The van der Waals surface area contributed by atoms with Gasteiger partial charge in [-0.3, -0.25) is 4.79 Å². The maximum atomic E-state index is 10.7. The zero-order valence-corrected chi connectivity index (χ0v) is 6.79. The van der Waals surface area contributed by atoms with Gasteiger partial charge in [-0.05, 0) is 13.3 Å². The summed E-state index contributed by atoms with van der Waals surface area (Å²) in [5, 5.41) is 10.7. The van der Waals surface area contributed by atoms with Crippen LogP contribution in [0.4, 0.5) is 0 Å². The predicted octanol–water partition coefficient (Wildman–Crippen LogP) is -0.634. The number of nitrogens with one attached hydrogen (secondary N) is 1. The second kappa shape index (κ2) is 3.10. The lowest BCUT2D eigenvalue weighted by molar-refractivity contribution is -0.151. The van der Waals surface area contributed by atoms with Gasteiger partial charge < -0.3 is 15.2 Å². The van der Waals surface area contributed by atoms with E-state index < -0.39 is 17.4 Å². The zero-order valence-electron chi connectivity index (χ0n) is 6.79. The Kier molecular flexibility index (Phi) is 2.32. The Balaban J connectivity index is 2.49. The first-order valence-electron chi connectivity index (χ1n) is 3.67. The summed E-state index contributed by atoms with van der Waals surface area (Å²) >= 11 is 0. The van der Waals surface area contributed by atoms with Gasteiger partial charge in [-0.1, -0.05) is 0 Å². The van der Waals surface area contributed by atoms with Crippen LogP contribution in [0.5, 0.6) is 0 Å². The smallest absolute Gasteiger partial charge is 0.394 e. The molecule has 1 aliphatic rings. The summed E-state index contributed by atoms with van der Waals surface area (Å²) in [6.07, 6.45) is 0.659. The minimum absolute atomic E-state index is 0.381. The van der Waals surface area contributed by atoms with Gasteiger partial charge in [0, 0.05) is 6.61 Å². The Bertz CT molecular complexity index is 207. The number of carboxylic acids is 1. The Morgan fingerprint density at radius 1 is 1.58 bits per heavy atom. The van der Waals surface area contributed by atoms with Gasteiger partial charge in [0.05, 0.1) is 12.1 Å². The van der Waals surface area contributed by atoms with E-state index in [0.717, 1.165) is 0 Å². The van der Waals surface area contributed by atoms with Gasteiger partial charge >= 0.3 is 11.9 Å². The highest BCUT2D eigenvalue weighted by Crippen LogP contribution is 2.16. The molecule has 1 unspecified atom stereocenters. The lowest BCUT2D eigenvalue weighted by atomic mass is 10.0. The van der Waals surface area contributed by atoms with Crippen molar-refractivity contribution >= 4 is 11.9 Å². The molecular weight excluding hydrogens is 162 g/mol. The van der Waals surface area contributed by atoms with E-state index >= 15 is 0 Å². The van der Waals surface area contributed by atoms with Crippen LogP contribution < -0.4 is 5.32 Å². The molecular formula is C7H11NO4. The van der Waals surface area contributed by atoms with Crippen LogP contribution in [0.2, 0.25) is 0 Å². The molecule has 0 aliphatic carbocycles. The molecule has 0 aromatic rings. The molecule has 0 spiro atoms. The fraction of sp³-hybridized carbons (Fsp3) is 0.714. The SMILES string of the molecule is CC1(NC(=O)C(=O)O)CCOC1. The Morgan fingerprint density at radius 2 is 2.25 bits per heavy atom. The number of hydrogen-bond acceptors (Lipinski definition) is 3. The van der Waals surface area contributed by atoms with Gasteiger partial charge in [0.25, 0.3) is 0 Å². The summed E-state index contributed by atoms with van der Waals surface area (Å²) in [6, 6.07) is 0. The standard InChI is InChI=1S/C7H11NO4/c1-7(2-3-12-4-7)8-5(9)6(10)11/h2-4H2,1H3,(H,8,9)(H,10,11). The second-order valence-electron chi connectivity index (χ2n) is 3.12. The van der Waals surface area contributed by atoms with Crippen molar-refractivity contribution in [1.29, 1.82) is 0 Å². The molecule has 1 heterocycles. The lowest BCUT2D eigenvalue weighted by Crippen LogP contribution is -2.49. The molecule has 2 N–H and O–H groups in total. The number of hydrogen-bond donors (Lipinski definition) is 2. The number of carbonyl (C=O) groups is 2. The molecule has 0 bridgehead atoms. The molecule has 1 rings (SSSR count). The second-order valence-corrected chi connectivity index (χ2v) is 3.12. The number of amides is 1. The highest BCUT2D eigenvalue weighted by atomic mass is 16.5. The van der Waals surface area contributed by atoms with E-state index in [1.54, 1.807) is 6.92 Å². The number of rotatable bonds is 1. The van der Waals surface area contributed by atoms with Crippen molar-refractivity contribution in [1.82, 2.24) is 5.32 Å². The molecule has 1 aliphatic heterocycles. The minimum Gasteiger partial charge on any atom is -0.474 e. The molecule has 12 heavy (non-hydrogen) atoms. The fourth-order valence-electron chi connectivity index (χ4n) is 1.09. The van der Waals surface area contributed by atoms with Crippen molar-refractivity contribution in [3.8, 4) is 0 Å². The van der Waals surface area contributed by atoms with Crippen molar-refractivity contribution in [2.75, 3.05) is 13.2 Å². The van der Waals surface area contributed by atoms with Gasteiger partial charge in [0.15, 0.2) is 0 Å². The van der Waals surface area contributed by atoms with Crippen molar-refractivity contribution in [2.24, 2.45) is 0 Å². The predicted molar refractivity (Wildman–Crippen MR) is 39.6 cm³/mol. The van der Waals surface area contributed by atoms with E-state index in [1.807, 2.05) is 0 Å². The van der Waals surface area contributed by atoms with Crippen molar-refractivity contribution < 1.29 is 19.4 Å². The van der Waals surface area contributed by atoms with Crippen LogP contribution in [-0.2, 0) is 14.3 Å². The van der Waals surface area contributed by atoms with Crippen molar-refractivity contribution in [3.05, 3.63) is 0 Å². The Morgan fingerprint density at radius 3 is 2.67 bits per heavy atom. The largest absolute Gasteiger partial charge is 0.474 e. The van der Waals surface area contributed by atoms with E-state index in [2.05, 4.69) is 5.32 Å². The van der Waals surface area contributed by atoms with Crippen LogP contribution in [-0.4, -0.2) is 35.7 Å². The highest BCUT2D eigenvalue weighted by molar-refractivity contribution is 6.31. The van der Waals surface area contributed by atoms with Gasteiger partial charge in [0.2, 0.25) is 0 Å². The first kappa shape index (κ1) is 8.99. The van der Waals surface area contributed by atoms with E-state index in [0.29, 0.717) is 19.6 Å². The summed E-state index contributed by atoms with van der Waals surface area (Å²) in [7, 11) is 0. The van der Waals surface area contributed by atoms with Crippen LogP contribution in [0.1, 0.15) is 13.3 Å². The molecule has 1 fully saturated rings. The van der Waals surface area contributed by atoms with Gasteiger partial charge in [-0.2, -0.15) is 0 Å². The topological polar surface area (TPSA) is 75.6 Å². The molecule has 0 aromatic heterocycles. The van der Waals surface area contributed by atoms with Crippen molar-refractivity contribution in [2.45, 2.75) is 18.9 Å². The van der Waals surface area contributed by atoms with E-state index in [9.17, 15) is 9.59 Å². The lowest BCUT2D eigenvalue weighted by Gasteiger charge is -2.21. The van der Waals surface area contributed by atoms with E-state index in [-0.39, 0.29) is 0 Å². The summed E-state index contributed by atoms with van der Waals surface area (Å²) in [4.78, 5) is 20.9. The number of aliphatic carboxylic acids is 1. The van der Waals surface area contributed by atoms with E-state index in [1.165, 1.54) is 0 Å². The molecule has 0 radical (unpaired) electrons. The van der Waals surface area contributed by atoms with Crippen LogP contribution >= 0.6 is 0 Å².